The van der Waals surface area contributed by atoms with E-state index in [4.69, 9.17) is 0 Å². The average molecular weight is 134 g/mol. The molecule has 9 heavy (non-hydrogen) atoms. The van der Waals surface area contributed by atoms with Gasteiger partial charge in [-0.05, 0) is 13.8 Å². The van der Waals surface area contributed by atoms with Crippen molar-refractivity contribution in [3.8, 4) is 0 Å². The fourth-order valence-electron chi connectivity index (χ4n) is 0.637. The normalized spacial score (nSPS) is 8.22. The van der Waals surface area contributed by atoms with Crippen molar-refractivity contribution in [1.82, 2.24) is 0 Å². The lowest BCUT2D eigenvalue weighted by Gasteiger charge is -1.90. The maximum absolute atomic E-state index is 2.12. The minimum atomic E-state index is 0. The molecule has 1 aromatic rings. The molecule has 0 fully saturated rings. The van der Waals surface area contributed by atoms with E-state index in [0.29, 0.717) is 0 Å². The molecule has 0 aliphatic heterocycles. The molecule has 0 bridgehead atoms. The second kappa shape index (κ2) is 3.46. The zero-order valence-corrected chi connectivity index (χ0v) is 6.81. The SMILES string of the molecule is Cc1ccc(C)cc1.[Si]. The highest BCUT2D eigenvalue weighted by atomic mass is 28.1. The van der Waals surface area contributed by atoms with Gasteiger partial charge in [-0.3, -0.25) is 0 Å². The van der Waals surface area contributed by atoms with Crippen molar-refractivity contribution in [3.05, 3.63) is 35.4 Å². The fraction of sp³-hybridized carbons (Fsp3) is 0.250. The Morgan fingerprint density at radius 1 is 0.778 bits per heavy atom. The maximum atomic E-state index is 2.12. The van der Waals surface area contributed by atoms with Crippen molar-refractivity contribution in [2.24, 2.45) is 0 Å². The van der Waals surface area contributed by atoms with Gasteiger partial charge in [0.2, 0.25) is 0 Å². The van der Waals surface area contributed by atoms with Gasteiger partial charge in [-0.2, -0.15) is 0 Å². The molecule has 1 rings (SSSR count). The van der Waals surface area contributed by atoms with Gasteiger partial charge in [-0.25, -0.2) is 0 Å². The van der Waals surface area contributed by atoms with E-state index >= 15 is 0 Å². The van der Waals surface area contributed by atoms with E-state index in [9.17, 15) is 0 Å². The highest BCUT2D eigenvalue weighted by Crippen LogP contribution is 1.99. The van der Waals surface area contributed by atoms with E-state index in [1.165, 1.54) is 11.1 Å². The minimum absolute atomic E-state index is 0. The molecule has 0 amide bonds. The molecule has 0 aliphatic carbocycles. The van der Waals surface area contributed by atoms with E-state index in [-0.39, 0.29) is 11.0 Å². The van der Waals surface area contributed by atoms with Crippen molar-refractivity contribution in [2.75, 3.05) is 0 Å². The second-order valence-electron chi connectivity index (χ2n) is 2.15. The molecule has 0 aromatic heterocycles. The first-order valence-electron chi connectivity index (χ1n) is 2.82. The second-order valence-corrected chi connectivity index (χ2v) is 2.15. The lowest BCUT2D eigenvalue weighted by Crippen LogP contribution is -1.70. The summed E-state index contributed by atoms with van der Waals surface area (Å²) in [5.74, 6) is 0. The number of hydrogen-bond donors (Lipinski definition) is 0. The summed E-state index contributed by atoms with van der Waals surface area (Å²) in [5, 5.41) is 0. The Morgan fingerprint density at radius 2 is 1.00 bits per heavy atom. The summed E-state index contributed by atoms with van der Waals surface area (Å²) in [6.07, 6.45) is 0. The molecular weight excluding hydrogens is 124 g/mol. The Bertz CT molecular complexity index is 143. The molecule has 0 nitrogen and oxygen atoms in total. The summed E-state index contributed by atoms with van der Waals surface area (Å²) in [7, 11) is 0. The maximum Gasteiger partial charge on any atom is 0 e. The first-order valence-corrected chi connectivity index (χ1v) is 2.82. The van der Waals surface area contributed by atoms with Crippen LogP contribution in [0.3, 0.4) is 0 Å². The number of aryl methyl sites for hydroxylation is 2. The molecule has 1 heteroatoms. The Morgan fingerprint density at radius 3 is 1.22 bits per heavy atom. The first kappa shape index (κ1) is 8.44. The van der Waals surface area contributed by atoms with Crippen LogP contribution in [-0.4, -0.2) is 11.0 Å². The van der Waals surface area contributed by atoms with Gasteiger partial charge < -0.3 is 0 Å². The van der Waals surface area contributed by atoms with Crippen molar-refractivity contribution in [2.45, 2.75) is 13.8 Å². The van der Waals surface area contributed by atoms with E-state index in [2.05, 4.69) is 38.1 Å². The Hall–Kier alpha value is -0.563. The molecule has 0 saturated carbocycles. The van der Waals surface area contributed by atoms with E-state index in [1.807, 2.05) is 0 Å². The minimum Gasteiger partial charge on any atom is -0.0591 e. The van der Waals surface area contributed by atoms with Crippen LogP contribution in [0, 0.1) is 13.8 Å². The predicted octanol–water partition coefficient (Wildman–Crippen LogP) is 1.92. The van der Waals surface area contributed by atoms with Crippen molar-refractivity contribution >= 4 is 11.0 Å². The number of rotatable bonds is 0. The van der Waals surface area contributed by atoms with Crippen LogP contribution >= 0.6 is 0 Å². The molecule has 0 unspecified atom stereocenters. The highest BCUT2D eigenvalue weighted by molar-refractivity contribution is 5.75. The lowest BCUT2D eigenvalue weighted by atomic mass is 10.2. The molecule has 46 valence electrons. The third kappa shape index (κ3) is 2.47. The zero-order valence-electron chi connectivity index (χ0n) is 5.81. The van der Waals surface area contributed by atoms with E-state index < -0.39 is 0 Å². The summed E-state index contributed by atoms with van der Waals surface area (Å²) < 4.78 is 0. The largest absolute Gasteiger partial charge is 0.0591 e. The van der Waals surface area contributed by atoms with Crippen LogP contribution in [0.4, 0.5) is 0 Å². The topological polar surface area (TPSA) is 0 Å². The van der Waals surface area contributed by atoms with Gasteiger partial charge in [-0.1, -0.05) is 35.4 Å². The van der Waals surface area contributed by atoms with E-state index in [0.717, 1.165) is 0 Å². The van der Waals surface area contributed by atoms with Crippen LogP contribution in [-0.2, 0) is 0 Å². The number of hydrogen-bond acceptors (Lipinski definition) is 0. The van der Waals surface area contributed by atoms with Gasteiger partial charge in [-0.15, -0.1) is 0 Å². The Labute approximate surface area is 60.9 Å². The van der Waals surface area contributed by atoms with E-state index in [1.54, 1.807) is 0 Å². The smallest absolute Gasteiger partial charge is 0 e. The summed E-state index contributed by atoms with van der Waals surface area (Å²) in [5.41, 5.74) is 2.66. The quantitative estimate of drug-likeness (QED) is 0.476. The van der Waals surface area contributed by atoms with Crippen LogP contribution in [0.5, 0.6) is 0 Å². The fourth-order valence-corrected chi connectivity index (χ4v) is 0.637. The van der Waals surface area contributed by atoms with Crippen LogP contribution in [0.2, 0.25) is 0 Å². The molecule has 4 radical (unpaired) electrons. The molecule has 0 saturated heterocycles. The third-order valence-corrected chi connectivity index (χ3v) is 1.22. The van der Waals surface area contributed by atoms with Gasteiger partial charge >= 0.3 is 0 Å². The molecule has 0 aliphatic rings. The van der Waals surface area contributed by atoms with Gasteiger partial charge in [0.1, 0.15) is 0 Å². The van der Waals surface area contributed by atoms with Gasteiger partial charge in [0.25, 0.3) is 0 Å². The first-order chi connectivity index (χ1) is 3.79. The summed E-state index contributed by atoms with van der Waals surface area (Å²) in [4.78, 5) is 0. The lowest BCUT2D eigenvalue weighted by molar-refractivity contribution is 1.40. The van der Waals surface area contributed by atoms with Crippen molar-refractivity contribution in [1.29, 1.82) is 0 Å². The molecule has 0 N–H and O–H groups in total. The van der Waals surface area contributed by atoms with Crippen LogP contribution < -0.4 is 0 Å². The zero-order chi connectivity index (χ0) is 5.98. The van der Waals surface area contributed by atoms with Gasteiger partial charge in [0.05, 0.1) is 0 Å². The molecular formula is C8H10Si. The van der Waals surface area contributed by atoms with Crippen LogP contribution in [0.1, 0.15) is 11.1 Å². The average Bonchev–Trinajstić information content (AvgIpc) is 1.77. The molecule has 0 spiro atoms. The molecule has 0 heterocycles. The van der Waals surface area contributed by atoms with Crippen molar-refractivity contribution < 1.29 is 0 Å². The summed E-state index contributed by atoms with van der Waals surface area (Å²) in [6.45, 7) is 4.19. The predicted molar refractivity (Wildman–Crippen MR) is 41.7 cm³/mol. The van der Waals surface area contributed by atoms with Crippen LogP contribution in [0.25, 0.3) is 0 Å². The van der Waals surface area contributed by atoms with Gasteiger partial charge in [0, 0.05) is 11.0 Å². The summed E-state index contributed by atoms with van der Waals surface area (Å²) >= 11 is 0. The van der Waals surface area contributed by atoms with Crippen LogP contribution in [0.15, 0.2) is 24.3 Å². The Kier molecular flexibility index (Phi) is 3.24. The van der Waals surface area contributed by atoms with Gasteiger partial charge in [0.15, 0.2) is 0 Å². The standard InChI is InChI=1S/C8H10.Si/c1-7-3-5-8(2)6-4-7;/h3-6H,1-2H3;. The monoisotopic (exact) mass is 134 g/mol. The third-order valence-electron chi connectivity index (χ3n) is 1.22. The summed E-state index contributed by atoms with van der Waals surface area (Å²) in [6, 6.07) is 8.48. The van der Waals surface area contributed by atoms with Crippen molar-refractivity contribution in [3.63, 3.8) is 0 Å². The molecule has 1 aromatic carbocycles. The number of benzene rings is 1. The highest BCUT2D eigenvalue weighted by Gasteiger charge is 1.79. The molecule has 0 atom stereocenters. The Balaban J connectivity index is 0.000000640.